The van der Waals surface area contributed by atoms with Crippen LogP contribution >= 0.6 is 0 Å². The molecule has 2 aromatic carbocycles. The molecule has 0 amide bonds. The van der Waals surface area contributed by atoms with Crippen LogP contribution < -0.4 is 4.90 Å². The average molecular weight is 461 g/mol. The molecule has 172 valence electrons. The van der Waals surface area contributed by atoms with E-state index in [1.165, 1.54) is 35.0 Å². The topological polar surface area (TPSA) is 46.3 Å². The number of anilines is 2. The third-order valence-corrected chi connectivity index (χ3v) is 6.21. The minimum Gasteiger partial charge on any atom is -0.320 e. The molecule has 0 atom stereocenters. The largest absolute Gasteiger partial charge is 0.320 e. The van der Waals surface area contributed by atoms with Gasteiger partial charge < -0.3 is 4.90 Å². The van der Waals surface area contributed by atoms with Crippen LogP contribution in [0.3, 0.4) is 0 Å². The first-order valence-corrected chi connectivity index (χ1v) is 10.6. The van der Waals surface area contributed by atoms with Crippen molar-refractivity contribution >= 4 is 28.2 Å². The summed E-state index contributed by atoms with van der Waals surface area (Å²) in [6.07, 6.45) is 1.18. The lowest BCUT2D eigenvalue weighted by atomic mass is 9.97. The number of aryl methyl sites for hydroxylation is 1. The lowest BCUT2D eigenvalue weighted by Crippen LogP contribution is -2.25. The molecule has 0 unspecified atom stereocenters. The van der Waals surface area contributed by atoms with Gasteiger partial charge in [-0.2, -0.15) is 4.98 Å². The molecule has 1 aliphatic rings. The predicted molar refractivity (Wildman–Crippen MR) is 114 cm³/mol. The molecule has 2 aromatic heterocycles. The zero-order chi connectivity index (χ0) is 23.2. The summed E-state index contributed by atoms with van der Waals surface area (Å²) in [7, 11) is 0. The van der Waals surface area contributed by atoms with E-state index >= 15 is 0 Å². The molecule has 2 heterocycles. The standard InChI is InChI=1S/C23H20F5N5/c24-12-23(5-6-23)4-3-14-7-16(26)9-17(8-14)32(11-20(27)28)21-18-10-15(25)1-2-19(18)33-13-29-31-22(33)30-21/h1-2,7-10,13,20H,3-6,11-12H2. The van der Waals surface area contributed by atoms with Gasteiger partial charge in [-0.05, 0) is 73.1 Å². The van der Waals surface area contributed by atoms with Crippen molar-refractivity contribution in [2.75, 3.05) is 18.1 Å². The molecule has 0 aliphatic heterocycles. The van der Waals surface area contributed by atoms with Gasteiger partial charge in [-0.3, -0.25) is 8.79 Å². The van der Waals surface area contributed by atoms with Gasteiger partial charge in [-0.1, -0.05) is 0 Å². The van der Waals surface area contributed by atoms with E-state index in [0.29, 0.717) is 23.9 Å². The first kappa shape index (κ1) is 21.5. The molecule has 5 rings (SSSR count). The van der Waals surface area contributed by atoms with Crippen molar-refractivity contribution in [1.82, 2.24) is 19.6 Å². The molecule has 0 bridgehead atoms. The second-order valence-corrected chi connectivity index (χ2v) is 8.55. The number of nitrogens with zero attached hydrogens (tertiary/aromatic N) is 5. The minimum atomic E-state index is -2.78. The molecule has 5 nitrogen and oxygen atoms in total. The fraction of sp³-hybridized carbons (Fsp3) is 0.348. The quantitative estimate of drug-likeness (QED) is 0.319. The molecule has 0 spiro atoms. The van der Waals surface area contributed by atoms with Gasteiger partial charge in [0.2, 0.25) is 0 Å². The molecule has 10 heteroatoms. The van der Waals surface area contributed by atoms with Crippen molar-refractivity contribution in [2.45, 2.75) is 32.1 Å². The zero-order valence-corrected chi connectivity index (χ0v) is 17.5. The molecule has 1 saturated carbocycles. The van der Waals surface area contributed by atoms with Crippen LogP contribution in [-0.4, -0.2) is 39.2 Å². The van der Waals surface area contributed by atoms with Crippen molar-refractivity contribution in [2.24, 2.45) is 5.41 Å². The normalized spacial score (nSPS) is 15.0. The third kappa shape index (κ3) is 4.21. The Hall–Kier alpha value is -3.30. The van der Waals surface area contributed by atoms with Crippen molar-refractivity contribution in [1.29, 1.82) is 0 Å². The Bertz CT molecular complexity index is 1320. The summed E-state index contributed by atoms with van der Waals surface area (Å²) < 4.78 is 70.7. The fourth-order valence-electron chi connectivity index (χ4n) is 4.16. The van der Waals surface area contributed by atoms with Crippen LogP contribution in [-0.2, 0) is 6.42 Å². The smallest absolute Gasteiger partial charge is 0.257 e. The van der Waals surface area contributed by atoms with Crippen LogP contribution in [0.15, 0.2) is 42.7 Å². The summed E-state index contributed by atoms with van der Waals surface area (Å²) >= 11 is 0. The van der Waals surface area contributed by atoms with Gasteiger partial charge in [0.25, 0.3) is 12.2 Å². The van der Waals surface area contributed by atoms with E-state index in [1.54, 1.807) is 6.07 Å². The molecule has 1 fully saturated rings. The van der Waals surface area contributed by atoms with Crippen LogP contribution in [0.1, 0.15) is 24.8 Å². The summed E-state index contributed by atoms with van der Waals surface area (Å²) in [5.74, 6) is -1.02. The SMILES string of the molecule is FCC1(CCc2cc(F)cc(N(CC(F)F)c3nc4nncn4c4ccc(F)cc34)c2)CC1. The Morgan fingerprint density at radius 2 is 1.88 bits per heavy atom. The Morgan fingerprint density at radius 1 is 1.06 bits per heavy atom. The highest BCUT2D eigenvalue weighted by Crippen LogP contribution is 2.49. The summed E-state index contributed by atoms with van der Waals surface area (Å²) in [4.78, 5) is 5.51. The van der Waals surface area contributed by atoms with Gasteiger partial charge in [0, 0.05) is 11.1 Å². The number of alkyl halides is 3. The second kappa shape index (κ2) is 8.24. The Kier molecular flexibility index (Phi) is 5.38. The van der Waals surface area contributed by atoms with Crippen molar-refractivity contribution in [3.05, 3.63) is 59.9 Å². The van der Waals surface area contributed by atoms with Gasteiger partial charge in [0.15, 0.2) is 0 Å². The number of hydrogen-bond acceptors (Lipinski definition) is 4. The van der Waals surface area contributed by atoms with E-state index in [0.717, 1.165) is 23.8 Å². The summed E-state index contributed by atoms with van der Waals surface area (Å²) in [6, 6.07) is 7.96. The van der Waals surface area contributed by atoms with Crippen molar-refractivity contribution in [3.63, 3.8) is 0 Å². The molecule has 4 aromatic rings. The van der Waals surface area contributed by atoms with Crippen molar-refractivity contribution < 1.29 is 22.0 Å². The number of aromatic nitrogens is 4. The van der Waals surface area contributed by atoms with E-state index in [4.69, 9.17) is 0 Å². The van der Waals surface area contributed by atoms with Crippen LogP contribution in [0.5, 0.6) is 0 Å². The second-order valence-electron chi connectivity index (χ2n) is 8.55. The maximum atomic E-state index is 14.5. The van der Waals surface area contributed by atoms with E-state index in [1.807, 2.05) is 0 Å². The van der Waals surface area contributed by atoms with Gasteiger partial charge in [-0.15, -0.1) is 10.2 Å². The summed E-state index contributed by atoms with van der Waals surface area (Å²) in [6.45, 7) is -1.22. The maximum absolute atomic E-state index is 14.5. The molecule has 1 aliphatic carbocycles. The summed E-state index contributed by atoms with van der Waals surface area (Å²) in [5, 5.41) is 7.95. The van der Waals surface area contributed by atoms with E-state index in [9.17, 15) is 22.0 Å². The lowest BCUT2D eigenvalue weighted by molar-refractivity contribution is 0.158. The number of benzene rings is 2. The third-order valence-electron chi connectivity index (χ3n) is 6.21. The van der Waals surface area contributed by atoms with Crippen LogP contribution in [0.2, 0.25) is 0 Å². The first-order chi connectivity index (χ1) is 15.9. The maximum Gasteiger partial charge on any atom is 0.257 e. The highest BCUT2D eigenvalue weighted by atomic mass is 19.3. The van der Waals surface area contributed by atoms with Gasteiger partial charge in [0.1, 0.15) is 23.8 Å². The lowest BCUT2D eigenvalue weighted by Gasteiger charge is -2.26. The van der Waals surface area contributed by atoms with E-state index in [-0.39, 0.29) is 28.1 Å². The highest BCUT2D eigenvalue weighted by Gasteiger charge is 2.42. The van der Waals surface area contributed by atoms with E-state index < -0.39 is 31.3 Å². The minimum absolute atomic E-state index is 0.0178. The Morgan fingerprint density at radius 3 is 2.61 bits per heavy atom. The zero-order valence-electron chi connectivity index (χ0n) is 17.5. The van der Waals surface area contributed by atoms with Gasteiger partial charge >= 0.3 is 0 Å². The molecule has 0 radical (unpaired) electrons. The van der Waals surface area contributed by atoms with Crippen LogP contribution in [0.25, 0.3) is 16.7 Å². The number of rotatable bonds is 8. The molecule has 33 heavy (non-hydrogen) atoms. The highest BCUT2D eigenvalue weighted by molar-refractivity contribution is 5.93. The molecular formula is C23H20F5N5. The van der Waals surface area contributed by atoms with E-state index in [2.05, 4.69) is 15.2 Å². The van der Waals surface area contributed by atoms with Crippen LogP contribution in [0.4, 0.5) is 33.5 Å². The van der Waals surface area contributed by atoms with Gasteiger partial charge in [0.05, 0.1) is 18.7 Å². The summed E-state index contributed by atoms with van der Waals surface area (Å²) in [5.41, 5.74) is 0.847. The number of hydrogen-bond donors (Lipinski definition) is 0. The van der Waals surface area contributed by atoms with Gasteiger partial charge in [-0.25, -0.2) is 17.6 Å². The monoisotopic (exact) mass is 461 g/mol. The first-order valence-electron chi connectivity index (χ1n) is 10.6. The Balaban J connectivity index is 1.62. The fourth-order valence-corrected chi connectivity index (χ4v) is 4.16. The Labute approximate surface area is 185 Å². The van der Waals surface area contributed by atoms with Crippen LogP contribution in [0, 0.1) is 17.0 Å². The molecular weight excluding hydrogens is 441 g/mol. The average Bonchev–Trinajstić information content (AvgIpc) is 3.42. The predicted octanol–water partition coefficient (Wildman–Crippen LogP) is 5.64. The van der Waals surface area contributed by atoms with Crippen molar-refractivity contribution in [3.8, 4) is 0 Å². The number of fused-ring (bicyclic) bond motifs is 3. The molecule has 0 N–H and O–H groups in total. The number of halogens is 5. The molecule has 0 saturated heterocycles.